The van der Waals surface area contributed by atoms with Crippen LogP contribution in [-0.2, 0) is 5.75 Å². The van der Waals surface area contributed by atoms with Crippen molar-refractivity contribution in [3.63, 3.8) is 0 Å². The standard InChI is InChI=1S/C23H17F3N2OS/c24-23(25,26)29-20-13-11-19(12-14-20)28-21(18-9-5-2-6-10-18)15-27-22(28)30-16-17-7-3-1-4-8-17/h1-15H,16H2. The van der Waals surface area contributed by atoms with Crippen molar-refractivity contribution in [1.29, 1.82) is 0 Å². The van der Waals surface area contributed by atoms with Gasteiger partial charge in [0.15, 0.2) is 5.16 Å². The summed E-state index contributed by atoms with van der Waals surface area (Å²) in [5.74, 6) is 0.465. The maximum absolute atomic E-state index is 12.5. The van der Waals surface area contributed by atoms with E-state index in [4.69, 9.17) is 0 Å². The molecule has 0 aliphatic carbocycles. The second kappa shape index (κ2) is 8.67. The van der Waals surface area contributed by atoms with E-state index in [0.29, 0.717) is 5.69 Å². The number of ether oxygens (including phenoxy) is 1. The van der Waals surface area contributed by atoms with Gasteiger partial charge < -0.3 is 4.74 Å². The molecule has 1 heterocycles. The van der Waals surface area contributed by atoms with E-state index in [1.807, 2.05) is 65.2 Å². The summed E-state index contributed by atoms with van der Waals surface area (Å²) in [6, 6.07) is 25.6. The second-order valence-electron chi connectivity index (χ2n) is 6.44. The Bertz CT molecular complexity index is 1100. The number of hydrogen-bond donors (Lipinski definition) is 0. The van der Waals surface area contributed by atoms with Gasteiger partial charge in [-0.3, -0.25) is 4.57 Å². The number of hydrogen-bond acceptors (Lipinski definition) is 3. The van der Waals surface area contributed by atoms with Gasteiger partial charge in [-0.25, -0.2) is 4.98 Å². The summed E-state index contributed by atoms with van der Waals surface area (Å²) < 4.78 is 43.4. The monoisotopic (exact) mass is 426 g/mol. The first-order valence-electron chi connectivity index (χ1n) is 9.16. The first kappa shape index (κ1) is 20.1. The quantitative estimate of drug-likeness (QED) is 0.320. The second-order valence-corrected chi connectivity index (χ2v) is 7.39. The highest BCUT2D eigenvalue weighted by Gasteiger charge is 2.31. The minimum absolute atomic E-state index is 0.258. The van der Waals surface area contributed by atoms with Gasteiger partial charge in [0.2, 0.25) is 0 Å². The van der Waals surface area contributed by atoms with Crippen LogP contribution in [0.2, 0.25) is 0 Å². The molecule has 1 aromatic heterocycles. The summed E-state index contributed by atoms with van der Waals surface area (Å²) >= 11 is 1.57. The Labute approximate surface area is 176 Å². The van der Waals surface area contributed by atoms with Gasteiger partial charge in [-0.15, -0.1) is 13.2 Å². The Hall–Kier alpha value is -3.19. The Morgan fingerprint density at radius 3 is 2.10 bits per heavy atom. The summed E-state index contributed by atoms with van der Waals surface area (Å²) in [7, 11) is 0. The van der Waals surface area contributed by atoms with Crippen LogP contribution in [0.1, 0.15) is 5.56 Å². The molecule has 0 fully saturated rings. The van der Waals surface area contributed by atoms with Crippen molar-refractivity contribution < 1.29 is 17.9 Å². The first-order valence-corrected chi connectivity index (χ1v) is 10.1. The highest BCUT2D eigenvalue weighted by atomic mass is 32.2. The molecule has 0 N–H and O–H groups in total. The molecular weight excluding hydrogens is 409 g/mol. The predicted octanol–water partition coefficient (Wildman–Crippen LogP) is 6.73. The van der Waals surface area contributed by atoms with Crippen molar-refractivity contribution in [1.82, 2.24) is 9.55 Å². The van der Waals surface area contributed by atoms with E-state index in [-0.39, 0.29) is 5.75 Å². The third-order valence-electron chi connectivity index (χ3n) is 4.34. The molecule has 0 atom stereocenters. The predicted molar refractivity (Wildman–Crippen MR) is 112 cm³/mol. The van der Waals surface area contributed by atoms with E-state index in [0.717, 1.165) is 27.7 Å². The fraction of sp³-hybridized carbons (Fsp3) is 0.0870. The number of thioether (sulfide) groups is 1. The maximum Gasteiger partial charge on any atom is 0.573 e. The van der Waals surface area contributed by atoms with E-state index in [1.54, 1.807) is 30.1 Å². The summed E-state index contributed by atoms with van der Waals surface area (Å²) in [5, 5.41) is 0.752. The van der Waals surface area contributed by atoms with Crippen molar-refractivity contribution in [3.8, 4) is 22.7 Å². The number of alkyl halides is 3. The number of rotatable bonds is 6. The van der Waals surface area contributed by atoms with Crippen LogP contribution in [0.3, 0.4) is 0 Å². The number of halogens is 3. The molecular formula is C23H17F3N2OS. The maximum atomic E-state index is 12.5. The summed E-state index contributed by atoms with van der Waals surface area (Å²) in [6.45, 7) is 0. The average molecular weight is 426 g/mol. The zero-order valence-corrected chi connectivity index (χ0v) is 16.5. The molecule has 4 rings (SSSR count). The molecule has 7 heteroatoms. The lowest BCUT2D eigenvalue weighted by atomic mass is 10.1. The van der Waals surface area contributed by atoms with Gasteiger partial charge in [0.05, 0.1) is 11.9 Å². The number of imidazole rings is 1. The first-order chi connectivity index (χ1) is 14.5. The van der Waals surface area contributed by atoms with Crippen molar-refractivity contribution >= 4 is 11.8 Å². The number of aromatic nitrogens is 2. The molecule has 0 saturated heterocycles. The van der Waals surface area contributed by atoms with Crippen molar-refractivity contribution in [3.05, 3.63) is 96.7 Å². The SMILES string of the molecule is FC(F)(F)Oc1ccc(-n2c(-c3ccccc3)cnc2SCc2ccccc2)cc1. The minimum Gasteiger partial charge on any atom is -0.406 e. The molecule has 0 bridgehead atoms. The average Bonchev–Trinajstić information content (AvgIpc) is 3.17. The van der Waals surface area contributed by atoms with Crippen LogP contribution in [0.4, 0.5) is 13.2 Å². The number of nitrogens with zero attached hydrogens (tertiary/aromatic N) is 2. The third-order valence-corrected chi connectivity index (χ3v) is 5.36. The molecule has 0 radical (unpaired) electrons. The molecule has 0 aliphatic heterocycles. The molecule has 3 aromatic carbocycles. The molecule has 0 spiro atoms. The van der Waals surface area contributed by atoms with Gasteiger partial charge in [0.1, 0.15) is 5.75 Å². The van der Waals surface area contributed by atoms with Gasteiger partial charge in [-0.1, -0.05) is 72.4 Å². The van der Waals surface area contributed by atoms with Crippen molar-refractivity contribution in [2.24, 2.45) is 0 Å². The topological polar surface area (TPSA) is 27.1 Å². The lowest BCUT2D eigenvalue weighted by Gasteiger charge is -2.14. The number of benzene rings is 3. The van der Waals surface area contributed by atoms with Crippen LogP contribution >= 0.6 is 11.8 Å². The largest absolute Gasteiger partial charge is 0.573 e. The fourth-order valence-corrected chi connectivity index (χ4v) is 3.97. The lowest BCUT2D eigenvalue weighted by molar-refractivity contribution is -0.274. The molecule has 152 valence electrons. The van der Waals surface area contributed by atoms with Gasteiger partial charge in [-0.05, 0) is 29.8 Å². The van der Waals surface area contributed by atoms with E-state index in [1.165, 1.54) is 12.1 Å². The molecule has 0 unspecified atom stereocenters. The fourth-order valence-electron chi connectivity index (χ4n) is 3.02. The van der Waals surface area contributed by atoms with Gasteiger partial charge in [0.25, 0.3) is 0 Å². The van der Waals surface area contributed by atoms with E-state index in [2.05, 4.69) is 9.72 Å². The Balaban J connectivity index is 1.69. The minimum atomic E-state index is -4.72. The molecule has 3 nitrogen and oxygen atoms in total. The molecule has 0 aliphatic rings. The van der Waals surface area contributed by atoms with Crippen LogP contribution in [0.5, 0.6) is 5.75 Å². The van der Waals surface area contributed by atoms with Gasteiger partial charge in [0, 0.05) is 17.0 Å². The smallest absolute Gasteiger partial charge is 0.406 e. The third kappa shape index (κ3) is 4.86. The molecule has 30 heavy (non-hydrogen) atoms. The summed E-state index contributed by atoms with van der Waals surface area (Å²) in [6.07, 6.45) is -2.94. The van der Waals surface area contributed by atoms with Crippen molar-refractivity contribution in [2.75, 3.05) is 0 Å². The summed E-state index contributed by atoms with van der Waals surface area (Å²) in [4.78, 5) is 4.58. The zero-order valence-electron chi connectivity index (χ0n) is 15.7. The van der Waals surface area contributed by atoms with E-state index in [9.17, 15) is 13.2 Å². The highest BCUT2D eigenvalue weighted by molar-refractivity contribution is 7.98. The highest BCUT2D eigenvalue weighted by Crippen LogP contribution is 2.32. The summed E-state index contributed by atoms with van der Waals surface area (Å²) in [5.41, 5.74) is 3.69. The molecule has 0 amide bonds. The van der Waals surface area contributed by atoms with Crippen LogP contribution < -0.4 is 4.74 Å². The van der Waals surface area contributed by atoms with E-state index >= 15 is 0 Å². The molecule has 0 saturated carbocycles. The normalized spacial score (nSPS) is 11.4. The lowest BCUT2D eigenvalue weighted by Crippen LogP contribution is -2.17. The Morgan fingerprint density at radius 2 is 1.47 bits per heavy atom. The van der Waals surface area contributed by atoms with Crippen LogP contribution in [-0.4, -0.2) is 15.9 Å². The van der Waals surface area contributed by atoms with Crippen molar-refractivity contribution in [2.45, 2.75) is 17.3 Å². The Morgan fingerprint density at radius 1 is 0.833 bits per heavy atom. The zero-order chi connectivity index (χ0) is 21.0. The van der Waals surface area contributed by atoms with Crippen LogP contribution in [0, 0.1) is 0 Å². The van der Waals surface area contributed by atoms with Crippen LogP contribution in [0.15, 0.2) is 96.3 Å². The van der Waals surface area contributed by atoms with E-state index < -0.39 is 6.36 Å². The van der Waals surface area contributed by atoms with Gasteiger partial charge >= 0.3 is 6.36 Å². The van der Waals surface area contributed by atoms with Gasteiger partial charge in [-0.2, -0.15) is 0 Å². The molecule has 4 aromatic rings. The Kier molecular flexibility index (Phi) is 5.81. The van der Waals surface area contributed by atoms with Crippen LogP contribution in [0.25, 0.3) is 16.9 Å².